The number of carbonyl (C=O) groups is 1. The lowest BCUT2D eigenvalue weighted by atomic mass is 10.1. The van der Waals surface area contributed by atoms with Crippen molar-refractivity contribution in [2.24, 2.45) is 7.05 Å². The highest BCUT2D eigenvalue weighted by molar-refractivity contribution is 5.88. The molecule has 0 radical (unpaired) electrons. The number of anilines is 1. The van der Waals surface area contributed by atoms with E-state index in [0.717, 1.165) is 29.8 Å². The normalized spacial score (nSPS) is 21.7. The highest BCUT2D eigenvalue weighted by Crippen LogP contribution is 2.29. The first-order valence-electron chi connectivity index (χ1n) is 8.72. The minimum atomic E-state index is -0.487. The molecule has 7 nitrogen and oxygen atoms in total. The summed E-state index contributed by atoms with van der Waals surface area (Å²) in [4.78, 5) is 16.7. The van der Waals surface area contributed by atoms with Crippen molar-refractivity contribution >= 4 is 22.8 Å². The number of aryl methyl sites for hydroxylation is 1. The maximum atomic E-state index is 12.6. The van der Waals surface area contributed by atoms with Crippen LogP contribution in [0.25, 0.3) is 11.0 Å². The molecule has 0 bridgehead atoms. The zero-order chi connectivity index (χ0) is 18.4. The third-order valence-electron chi connectivity index (χ3n) is 4.48. The Bertz CT molecular complexity index is 767. The van der Waals surface area contributed by atoms with E-state index >= 15 is 0 Å². The van der Waals surface area contributed by atoms with E-state index in [1.807, 2.05) is 44.9 Å². The summed E-state index contributed by atoms with van der Waals surface area (Å²) in [6, 6.07) is 6.20. The van der Waals surface area contributed by atoms with E-state index in [2.05, 4.69) is 35.1 Å². The van der Waals surface area contributed by atoms with E-state index in [-0.39, 0.29) is 18.2 Å². The fraction of sp³-hybridized carbons (Fsp3) is 0.611. The molecule has 2 atom stereocenters. The zero-order valence-corrected chi connectivity index (χ0v) is 15.9. The lowest BCUT2D eigenvalue weighted by molar-refractivity contribution is 0.00568. The van der Waals surface area contributed by atoms with Crippen molar-refractivity contribution in [2.45, 2.75) is 52.3 Å². The summed E-state index contributed by atoms with van der Waals surface area (Å²) in [5, 5.41) is 8.44. The minimum Gasteiger partial charge on any atom is -0.444 e. The first kappa shape index (κ1) is 17.5. The molecule has 1 fully saturated rings. The van der Waals surface area contributed by atoms with E-state index in [1.165, 1.54) is 0 Å². The molecule has 2 aromatic rings. The van der Waals surface area contributed by atoms with Crippen LogP contribution >= 0.6 is 0 Å². The van der Waals surface area contributed by atoms with Gasteiger partial charge in [0.1, 0.15) is 11.1 Å². The van der Waals surface area contributed by atoms with Crippen LogP contribution in [0.3, 0.4) is 0 Å². The molecule has 3 rings (SSSR count). The van der Waals surface area contributed by atoms with E-state index in [9.17, 15) is 4.79 Å². The highest BCUT2D eigenvalue weighted by atomic mass is 16.6. The molecular formula is C18H27N5O2. The molecule has 25 heavy (non-hydrogen) atoms. The molecule has 2 heterocycles. The molecule has 7 heteroatoms. The molecule has 0 unspecified atom stereocenters. The van der Waals surface area contributed by atoms with Gasteiger partial charge in [0, 0.05) is 20.1 Å². The monoisotopic (exact) mass is 345 g/mol. The Morgan fingerprint density at radius 2 is 1.84 bits per heavy atom. The number of benzene rings is 1. The van der Waals surface area contributed by atoms with Crippen LogP contribution in [0.15, 0.2) is 18.2 Å². The van der Waals surface area contributed by atoms with Crippen LogP contribution < -0.4 is 4.90 Å². The second-order valence-electron chi connectivity index (χ2n) is 7.85. The van der Waals surface area contributed by atoms with Crippen LogP contribution in [0, 0.1) is 0 Å². The second kappa shape index (κ2) is 6.20. The average Bonchev–Trinajstić information content (AvgIpc) is 2.86. The van der Waals surface area contributed by atoms with Crippen molar-refractivity contribution in [1.29, 1.82) is 0 Å². The van der Waals surface area contributed by atoms with Gasteiger partial charge in [-0.1, -0.05) is 11.3 Å². The Morgan fingerprint density at radius 3 is 2.44 bits per heavy atom. The number of hydrogen-bond donors (Lipinski definition) is 0. The van der Waals surface area contributed by atoms with E-state index in [4.69, 9.17) is 4.74 Å². The second-order valence-corrected chi connectivity index (χ2v) is 7.85. The first-order valence-corrected chi connectivity index (χ1v) is 8.72. The number of hydrogen-bond acceptors (Lipinski definition) is 5. The van der Waals surface area contributed by atoms with Crippen molar-refractivity contribution in [3.05, 3.63) is 18.2 Å². The predicted octanol–water partition coefficient (Wildman–Crippen LogP) is 2.80. The summed E-state index contributed by atoms with van der Waals surface area (Å²) < 4.78 is 7.36. The molecule has 0 saturated carbocycles. The predicted molar refractivity (Wildman–Crippen MR) is 97.7 cm³/mol. The topological polar surface area (TPSA) is 63.5 Å². The average molecular weight is 345 g/mol. The van der Waals surface area contributed by atoms with Crippen molar-refractivity contribution in [3.8, 4) is 0 Å². The van der Waals surface area contributed by atoms with Crippen LogP contribution in [0.1, 0.15) is 34.6 Å². The fourth-order valence-electron chi connectivity index (χ4n) is 3.49. The molecule has 1 aliphatic rings. The quantitative estimate of drug-likeness (QED) is 0.795. The Hall–Kier alpha value is -2.31. The summed E-state index contributed by atoms with van der Waals surface area (Å²) in [7, 11) is 1.89. The van der Waals surface area contributed by atoms with E-state index < -0.39 is 5.60 Å². The Kier molecular flexibility index (Phi) is 4.34. The Balaban J connectivity index is 1.83. The molecule has 1 aliphatic heterocycles. The van der Waals surface area contributed by atoms with E-state index in [1.54, 1.807) is 4.68 Å². The van der Waals surface area contributed by atoms with Gasteiger partial charge < -0.3 is 9.64 Å². The molecule has 0 aliphatic carbocycles. The molecule has 136 valence electrons. The molecule has 1 amide bonds. The SMILES string of the molecule is C[C@@H]1CN(c2cccc3c2nnn3C)C[C@H](C)N1C(=O)OC(C)(C)C. The van der Waals surface area contributed by atoms with E-state index in [0.29, 0.717) is 0 Å². The number of rotatable bonds is 1. The lowest BCUT2D eigenvalue weighted by Gasteiger charge is -2.45. The van der Waals surface area contributed by atoms with Crippen molar-refractivity contribution < 1.29 is 9.53 Å². The standard InChI is InChI=1S/C18H27N5O2/c1-12-10-22(11-13(2)23(12)17(24)25-18(3,4)5)15-9-7-8-14-16(15)19-20-21(14)6/h7-9,12-13H,10-11H2,1-6H3/t12-,13+. The number of aromatic nitrogens is 3. The van der Waals surface area contributed by atoms with Gasteiger partial charge in [-0.2, -0.15) is 0 Å². The molecule has 0 spiro atoms. The summed E-state index contributed by atoms with van der Waals surface area (Å²) in [6.07, 6.45) is -0.245. The number of nitrogens with zero attached hydrogens (tertiary/aromatic N) is 5. The molecule has 1 aromatic carbocycles. The summed E-state index contributed by atoms with van der Waals surface area (Å²) in [6.45, 7) is 11.3. The zero-order valence-electron chi connectivity index (χ0n) is 15.9. The largest absolute Gasteiger partial charge is 0.444 e. The van der Waals surface area contributed by atoms with Crippen molar-refractivity contribution in [1.82, 2.24) is 19.9 Å². The number of piperazine rings is 1. The molecule has 0 N–H and O–H groups in total. The van der Waals surface area contributed by atoms with Gasteiger partial charge in [0.15, 0.2) is 0 Å². The van der Waals surface area contributed by atoms with Crippen LogP contribution in [-0.4, -0.2) is 56.8 Å². The Labute approximate surface area is 148 Å². The van der Waals surface area contributed by atoms with Crippen molar-refractivity contribution in [3.63, 3.8) is 0 Å². The molecule has 1 aromatic heterocycles. The lowest BCUT2D eigenvalue weighted by Crippen LogP contribution is -2.59. The van der Waals surface area contributed by atoms with Crippen LogP contribution in [0.2, 0.25) is 0 Å². The highest BCUT2D eigenvalue weighted by Gasteiger charge is 2.36. The summed E-state index contributed by atoms with van der Waals surface area (Å²) >= 11 is 0. The smallest absolute Gasteiger partial charge is 0.410 e. The fourth-order valence-corrected chi connectivity index (χ4v) is 3.49. The first-order chi connectivity index (χ1) is 11.7. The maximum absolute atomic E-state index is 12.6. The summed E-state index contributed by atoms with van der Waals surface area (Å²) in [5.74, 6) is 0. The third-order valence-corrected chi connectivity index (χ3v) is 4.48. The number of amides is 1. The van der Waals surface area contributed by atoms with Gasteiger partial charge >= 0.3 is 6.09 Å². The number of fused-ring (bicyclic) bond motifs is 1. The van der Waals surface area contributed by atoms with Crippen LogP contribution in [0.4, 0.5) is 10.5 Å². The van der Waals surface area contributed by atoms with Crippen molar-refractivity contribution in [2.75, 3.05) is 18.0 Å². The third kappa shape index (κ3) is 3.41. The molecule has 1 saturated heterocycles. The van der Waals surface area contributed by atoms with Gasteiger partial charge in [-0.15, -0.1) is 5.10 Å². The Morgan fingerprint density at radius 1 is 1.20 bits per heavy atom. The molecular weight excluding hydrogens is 318 g/mol. The number of ether oxygens (including phenoxy) is 1. The van der Waals surface area contributed by atoms with Gasteiger partial charge in [0.05, 0.1) is 23.3 Å². The van der Waals surface area contributed by atoms with Crippen LogP contribution in [-0.2, 0) is 11.8 Å². The van der Waals surface area contributed by atoms with Gasteiger partial charge in [-0.25, -0.2) is 9.48 Å². The number of carbonyl (C=O) groups excluding carboxylic acids is 1. The minimum absolute atomic E-state index is 0.0468. The van der Waals surface area contributed by atoms with Gasteiger partial charge in [-0.05, 0) is 46.8 Å². The van der Waals surface area contributed by atoms with Crippen LogP contribution in [0.5, 0.6) is 0 Å². The van der Waals surface area contributed by atoms with Gasteiger partial charge in [-0.3, -0.25) is 4.90 Å². The maximum Gasteiger partial charge on any atom is 0.410 e. The van der Waals surface area contributed by atoms with Gasteiger partial charge in [0.2, 0.25) is 0 Å². The summed E-state index contributed by atoms with van der Waals surface area (Å²) in [5.41, 5.74) is 2.48. The van der Waals surface area contributed by atoms with Gasteiger partial charge in [0.25, 0.3) is 0 Å².